The molecule has 0 heterocycles. The summed E-state index contributed by atoms with van der Waals surface area (Å²) in [5.74, 6) is -4.89. The summed E-state index contributed by atoms with van der Waals surface area (Å²) < 4.78 is 0. The predicted octanol–water partition coefficient (Wildman–Crippen LogP) is -2.76. The molecule has 1 rings (SSSR count). The van der Waals surface area contributed by atoms with E-state index in [0.29, 0.717) is 0 Å². The molecule has 0 saturated carbocycles. The third kappa shape index (κ3) is 30.2. The summed E-state index contributed by atoms with van der Waals surface area (Å²) in [5, 5.41) is 57.5. The third-order valence-electron chi connectivity index (χ3n) is 3.87. The van der Waals surface area contributed by atoms with E-state index in [9.17, 15) is 24.0 Å². The molecule has 0 aromatic heterocycles. The maximum absolute atomic E-state index is 10.4. The monoisotopic (exact) mass is 567 g/mol. The van der Waals surface area contributed by atoms with Crippen LogP contribution in [-0.2, 0) is 30.4 Å². The van der Waals surface area contributed by atoms with Crippen molar-refractivity contribution in [3.05, 3.63) is 29.8 Å². The van der Waals surface area contributed by atoms with Gasteiger partial charge in [0, 0.05) is 0 Å². The summed E-state index contributed by atoms with van der Waals surface area (Å²) in [5.41, 5.74) is 25.3. The zero-order valence-electron chi connectivity index (χ0n) is 21.9. The molecule has 0 saturated heterocycles. The number of rotatable bonds is 9. The Morgan fingerprint density at radius 2 is 1.03 bits per heavy atom. The molecule has 0 aliphatic rings. The fourth-order valence-electron chi connectivity index (χ4n) is 1.46. The Hall–Kier alpha value is -3.87. The zero-order valence-corrected chi connectivity index (χ0v) is 21.9. The number of phenols is 1. The highest BCUT2D eigenvalue weighted by Gasteiger charge is 2.16. The van der Waals surface area contributed by atoms with Crippen molar-refractivity contribution in [2.45, 2.75) is 51.4 Å². The molecule has 17 N–H and O–H groups in total. The summed E-state index contributed by atoms with van der Waals surface area (Å²) in [6.45, 7) is 4.33. The second kappa shape index (κ2) is 24.5. The highest BCUT2D eigenvalue weighted by atomic mass is 16.4. The van der Waals surface area contributed by atoms with Gasteiger partial charge >= 0.3 is 29.8 Å². The van der Waals surface area contributed by atoms with Gasteiger partial charge in [-0.15, -0.1) is 0 Å². The van der Waals surface area contributed by atoms with E-state index in [1.165, 1.54) is 19.1 Å². The van der Waals surface area contributed by atoms with E-state index in [2.05, 4.69) is 11.5 Å². The fourth-order valence-corrected chi connectivity index (χ4v) is 1.46. The quantitative estimate of drug-likeness (QED) is 0.144. The van der Waals surface area contributed by atoms with Gasteiger partial charge < -0.3 is 64.4 Å². The molecule has 39 heavy (non-hydrogen) atoms. The van der Waals surface area contributed by atoms with Gasteiger partial charge in [-0.2, -0.15) is 0 Å². The number of aliphatic carboxylic acids is 5. The zero-order chi connectivity index (χ0) is 31.9. The minimum Gasteiger partial charge on any atom is -0.508 e. The van der Waals surface area contributed by atoms with E-state index in [-0.39, 0.29) is 31.2 Å². The fraction of sp³-hybridized carbons (Fsp3) is 0.500. The first-order valence-electron chi connectivity index (χ1n) is 11.0. The molecular formula is C22H41N5O12. The lowest BCUT2D eigenvalue weighted by atomic mass is 10.1. The number of benzene rings is 1. The summed E-state index contributed by atoms with van der Waals surface area (Å²) in [4.78, 5) is 48.8. The SMILES string of the molecule is CC(C)[C@H](N)C(=O)O.C[C@@H](O)[C@H](N)C(=O)O.NCC(=O)O.NCC(=O)O.N[C@@H](Cc1ccc(O)cc1)C(=O)O. The second-order valence-corrected chi connectivity index (χ2v) is 7.72. The smallest absolute Gasteiger partial charge is 0.323 e. The topological polar surface area (TPSA) is 357 Å². The number of hydrogen-bond donors (Lipinski definition) is 12. The van der Waals surface area contributed by atoms with Gasteiger partial charge in [0.2, 0.25) is 0 Å². The molecule has 0 unspecified atom stereocenters. The molecule has 4 atom stereocenters. The number of carbonyl (C=O) groups is 5. The average molecular weight is 568 g/mol. The molecule has 0 spiro atoms. The number of phenolic OH excluding ortho intramolecular Hbond substituents is 1. The van der Waals surface area contributed by atoms with Gasteiger partial charge in [0.25, 0.3) is 0 Å². The molecule has 1 aromatic rings. The maximum atomic E-state index is 10.4. The van der Waals surface area contributed by atoms with Gasteiger partial charge in [-0.3, -0.25) is 24.0 Å². The van der Waals surface area contributed by atoms with E-state index in [1.54, 1.807) is 26.0 Å². The minimum atomic E-state index is -1.18. The molecular weight excluding hydrogens is 526 g/mol. The molecule has 0 radical (unpaired) electrons. The summed E-state index contributed by atoms with van der Waals surface area (Å²) in [6.07, 6.45) is -0.706. The van der Waals surface area contributed by atoms with Crippen LogP contribution in [0.25, 0.3) is 0 Å². The molecule has 0 aliphatic carbocycles. The number of aliphatic hydroxyl groups excluding tert-OH is 1. The van der Waals surface area contributed by atoms with Crippen molar-refractivity contribution in [2.24, 2.45) is 34.6 Å². The molecule has 0 aliphatic heterocycles. The van der Waals surface area contributed by atoms with Crippen molar-refractivity contribution in [2.75, 3.05) is 13.1 Å². The van der Waals surface area contributed by atoms with Crippen molar-refractivity contribution in [1.29, 1.82) is 0 Å². The Balaban J connectivity index is -0.000000208. The van der Waals surface area contributed by atoms with Crippen molar-refractivity contribution in [3.63, 3.8) is 0 Å². The van der Waals surface area contributed by atoms with Crippen LogP contribution in [-0.4, -0.2) is 103 Å². The Morgan fingerprint density at radius 3 is 1.18 bits per heavy atom. The van der Waals surface area contributed by atoms with E-state index >= 15 is 0 Å². The molecule has 226 valence electrons. The first-order chi connectivity index (χ1) is 17.7. The molecule has 0 fully saturated rings. The van der Waals surface area contributed by atoms with Crippen molar-refractivity contribution in [1.82, 2.24) is 0 Å². The Kier molecular flexibility index (Phi) is 26.5. The lowest BCUT2D eigenvalue weighted by Gasteiger charge is -2.07. The van der Waals surface area contributed by atoms with E-state index in [1.807, 2.05) is 0 Å². The van der Waals surface area contributed by atoms with Crippen LogP contribution in [0.3, 0.4) is 0 Å². The van der Waals surface area contributed by atoms with Crippen LogP contribution in [0.2, 0.25) is 0 Å². The number of carboxylic acid groups (broad SMARTS) is 5. The molecule has 17 heteroatoms. The minimum absolute atomic E-state index is 0.0208. The van der Waals surface area contributed by atoms with Gasteiger partial charge in [0.05, 0.1) is 19.2 Å². The first kappa shape index (κ1) is 42.2. The maximum Gasteiger partial charge on any atom is 0.323 e. The lowest BCUT2D eigenvalue weighted by Crippen LogP contribution is -2.39. The molecule has 1 aromatic carbocycles. The number of aromatic hydroxyl groups is 1. The van der Waals surface area contributed by atoms with Crippen LogP contribution in [0.4, 0.5) is 0 Å². The summed E-state index contributed by atoms with van der Waals surface area (Å²) in [7, 11) is 0. The number of carboxylic acids is 5. The van der Waals surface area contributed by atoms with Gasteiger partial charge in [-0.05, 0) is 37.0 Å². The summed E-state index contributed by atoms with van der Waals surface area (Å²) >= 11 is 0. The molecule has 0 bridgehead atoms. The Labute approximate surface area is 224 Å². The Bertz CT molecular complexity index is 812. The van der Waals surface area contributed by atoms with Crippen LogP contribution < -0.4 is 28.7 Å². The predicted molar refractivity (Wildman–Crippen MR) is 139 cm³/mol. The molecule has 17 nitrogen and oxygen atoms in total. The molecule has 0 amide bonds. The van der Waals surface area contributed by atoms with Gasteiger partial charge in [-0.1, -0.05) is 26.0 Å². The van der Waals surface area contributed by atoms with E-state index in [0.717, 1.165) is 5.56 Å². The normalized spacial score (nSPS) is 12.5. The van der Waals surface area contributed by atoms with E-state index in [4.69, 9.17) is 52.9 Å². The van der Waals surface area contributed by atoms with Crippen LogP contribution in [0, 0.1) is 5.92 Å². The van der Waals surface area contributed by atoms with Crippen molar-refractivity contribution < 1.29 is 59.7 Å². The lowest BCUT2D eigenvalue weighted by molar-refractivity contribution is -0.141. The average Bonchev–Trinajstić information content (AvgIpc) is 2.85. The summed E-state index contributed by atoms with van der Waals surface area (Å²) in [6, 6.07) is 3.55. The number of aliphatic hydroxyl groups is 1. The van der Waals surface area contributed by atoms with Gasteiger partial charge in [-0.25, -0.2) is 0 Å². The van der Waals surface area contributed by atoms with Crippen molar-refractivity contribution in [3.8, 4) is 5.75 Å². The Morgan fingerprint density at radius 1 is 0.692 bits per heavy atom. The number of hydrogen-bond acceptors (Lipinski definition) is 12. The largest absolute Gasteiger partial charge is 0.508 e. The third-order valence-corrected chi connectivity index (χ3v) is 3.87. The standard InChI is InChI=1S/C9H11NO3.C5H11NO2.C4H9NO3.2C2H5NO2/c10-8(9(12)13)5-6-1-3-7(11)4-2-6;1-3(2)4(6)5(7)8;1-2(6)3(5)4(7)8;2*3-1-2(4)5/h1-4,8,11H,5,10H2,(H,12,13);3-4H,6H2,1-2H3,(H,7,8);2-3,6H,5H2,1H3,(H,7,8);2*1,3H2,(H,4,5)/t8-;4-;2-,3+;;/m001../s1. The van der Waals surface area contributed by atoms with Crippen LogP contribution >= 0.6 is 0 Å². The van der Waals surface area contributed by atoms with Crippen LogP contribution in [0.1, 0.15) is 26.3 Å². The number of nitrogens with two attached hydrogens (primary N) is 5. The van der Waals surface area contributed by atoms with Crippen LogP contribution in [0.5, 0.6) is 5.75 Å². The van der Waals surface area contributed by atoms with Gasteiger partial charge in [0.1, 0.15) is 23.9 Å². The second-order valence-electron chi connectivity index (χ2n) is 7.72. The van der Waals surface area contributed by atoms with Crippen LogP contribution in [0.15, 0.2) is 24.3 Å². The van der Waals surface area contributed by atoms with E-state index < -0.39 is 54.1 Å². The highest BCUT2D eigenvalue weighted by Crippen LogP contribution is 2.10. The van der Waals surface area contributed by atoms with Gasteiger partial charge in [0.15, 0.2) is 0 Å². The highest BCUT2D eigenvalue weighted by molar-refractivity contribution is 5.74. The first-order valence-corrected chi connectivity index (χ1v) is 11.0. The van der Waals surface area contributed by atoms with Crippen molar-refractivity contribution >= 4 is 29.8 Å².